The van der Waals surface area contributed by atoms with Gasteiger partial charge in [0.05, 0.1) is 24.0 Å². The second kappa shape index (κ2) is 5.09. The molecule has 1 aromatic heterocycles. The van der Waals surface area contributed by atoms with Crippen molar-refractivity contribution < 1.29 is 9.90 Å². The maximum absolute atomic E-state index is 10.4. The van der Waals surface area contributed by atoms with Crippen LogP contribution >= 0.6 is 15.9 Å². The summed E-state index contributed by atoms with van der Waals surface area (Å²) in [5.74, 6) is -0.833. The van der Waals surface area contributed by atoms with E-state index >= 15 is 0 Å². The summed E-state index contributed by atoms with van der Waals surface area (Å²) in [6.45, 7) is 0. The molecule has 0 amide bonds. The molecule has 0 aliphatic rings. The average molecular weight is 296 g/mol. The van der Waals surface area contributed by atoms with Crippen LogP contribution in [0.25, 0.3) is 5.69 Å². The fourth-order valence-electron chi connectivity index (χ4n) is 1.40. The number of benzene rings is 1. The number of halogens is 1. The molecule has 0 radical (unpaired) electrons. The quantitative estimate of drug-likeness (QED) is 0.937. The molecule has 0 fully saturated rings. The minimum absolute atomic E-state index is 0.0641. The predicted octanol–water partition coefficient (Wildman–Crippen LogP) is 2.05. The van der Waals surface area contributed by atoms with Crippen LogP contribution in [0.5, 0.6) is 0 Å². The molecule has 0 saturated heterocycles. The van der Waals surface area contributed by atoms with Crippen molar-refractivity contribution in [2.45, 2.75) is 12.8 Å². The van der Waals surface area contributed by atoms with Crippen LogP contribution in [-0.2, 0) is 11.2 Å². The Morgan fingerprint density at radius 2 is 2.18 bits per heavy atom. The Labute approximate surface area is 106 Å². The minimum atomic E-state index is -0.833. The molecule has 0 bridgehead atoms. The van der Waals surface area contributed by atoms with Gasteiger partial charge in [0, 0.05) is 10.9 Å². The smallest absolute Gasteiger partial charge is 0.303 e. The first-order chi connectivity index (χ1) is 8.16. The zero-order valence-electron chi connectivity index (χ0n) is 8.88. The van der Waals surface area contributed by atoms with Crippen molar-refractivity contribution >= 4 is 21.9 Å². The summed E-state index contributed by atoms with van der Waals surface area (Å²) < 4.78 is 2.54. The van der Waals surface area contributed by atoms with Gasteiger partial charge in [-0.1, -0.05) is 17.3 Å². The summed E-state index contributed by atoms with van der Waals surface area (Å²) in [6, 6.07) is 7.63. The minimum Gasteiger partial charge on any atom is -0.481 e. The van der Waals surface area contributed by atoms with Gasteiger partial charge in [0.2, 0.25) is 0 Å². The number of aromatic nitrogens is 3. The van der Waals surface area contributed by atoms with Gasteiger partial charge in [-0.3, -0.25) is 4.79 Å². The van der Waals surface area contributed by atoms with Crippen molar-refractivity contribution in [2.24, 2.45) is 0 Å². The fourth-order valence-corrected chi connectivity index (χ4v) is 1.87. The van der Waals surface area contributed by atoms with Crippen molar-refractivity contribution in [1.82, 2.24) is 15.0 Å². The molecule has 5 nitrogen and oxygen atoms in total. The summed E-state index contributed by atoms with van der Waals surface area (Å²) in [6.07, 6.45) is 2.19. The largest absolute Gasteiger partial charge is 0.481 e. The molecule has 0 aliphatic carbocycles. The van der Waals surface area contributed by atoms with Gasteiger partial charge in [0.1, 0.15) is 0 Å². The lowest BCUT2D eigenvalue weighted by Gasteiger charge is -2.01. The second-order valence-electron chi connectivity index (χ2n) is 3.50. The van der Waals surface area contributed by atoms with Gasteiger partial charge in [0.15, 0.2) is 0 Å². The van der Waals surface area contributed by atoms with Crippen LogP contribution in [0, 0.1) is 0 Å². The molecule has 0 saturated carbocycles. The van der Waals surface area contributed by atoms with Crippen LogP contribution in [0.15, 0.2) is 34.9 Å². The van der Waals surface area contributed by atoms with Crippen molar-refractivity contribution in [3.63, 3.8) is 0 Å². The van der Waals surface area contributed by atoms with Gasteiger partial charge >= 0.3 is 5.97 Å². The van der Waals surface area contributed by atoms with E-state index in [-0.39, 0.29) is 6.42 Å². The van der Waals surface area contributed by atoms with E-state index in [0.29, 0.717) is 12.1 Å². The number of carbonyl (C=O) groups is 1. The number of aryl methyl sites for hydroxylation is 1. The third-order valence-corrected chi connectivity index (χ3v) is 2.91. The van der Waals surface area contributed by atoms with E-state index in [0.717, 1.165) is 10.2 Å². The zero-order chi connectivity index (χ0) is 12.3. The molecule has 17 heavy (non-hydrogen) atoms. The molecule has 88 valence electrons. The van der Waals surface area contributed by atoms with Gasteiger partial charge in [-0.25, -0.2) is 4.68 Å². The van der Waals surface area contributed by atoms with E-state index in [1.54, 1.807) is 10.9 Å². The van der Waals surface area contributed by atoms with Gasteiger partial charge in [-0.15, -0.1) is 5.10 Å². The molecule has 0 atom stereocenters. The molecule has 1 aromatic carbocycles. The Morgan fingerprint density at radius 3 is 2.88 bits per heavy atom. The molecule has 2 rings (SSSR count). The van der Waals surface area contributed by atoms with Crippen molar-refractivity contribution in [1.29, 1.82) is 0 Å². The first-order valence-corrected chi connectivity index (χ1v) is 5.84. The summed E-state index contributed by atoms with van der Waals surface area (Å²) in [5.41, 5.74) is 1.55. The number of rotatable bonds is 4. The summed E-state index contributed by atoms with van der Waals surface area (Å²) in [4.78, 5) is 10.4. The predicted molar refractivity (Wildman–Crippen MR) is 65.0 cm³/mol. The maximum atomic E-state index is 10.4. The fraction of sp³-hybridized carbons (Fsp3) is 0.182. The van der Waals surface area contributed by atoms with Crippen LogP contribution in [0.2, 0.25) is 0 Å². The van der Waals surface area contributed by atoms with E-state index in [1.165, 1.54) is 0 Å². The molecule has 0 aliphatic heterocycles. The number of hydrogen-bond acceptors (Lipinski definition) is 3. The number of carboxylic acids is 1. The first-order valence-electron chi connectivity index (χ1n) is 5.05. The van der Waals surface area contributed by atoms with Gasteiger partial charge in [-0.05, 0) is 28.1 Å². The first kappa shape index (κ1) is 11.8. The summed E-state index contributed by atoms with van der Waals surface area (Å²) in [5, 5.41) is 16.5. The molecule has 6 heteroatoms. The monoisotopic (exact) mass is 295 g/mol. The number of nitrogens with zero attached hydrogens (tertiary/aromatic N) is 3. The Kier molecular flexibility index (Phi) is 3.53. The van der Waals surface area contributed by atoms with E-state index in [1.807, 2.05) is 24.3 Å². The Hall–Kier alpha value is -1.69. The molecular weight excluding hydrogens is 286 g/mol. The normalized spacial score (nSPS) is 10.4. The standard InChI is InChI=1S/C11H10BrN3O2/c12-9-3-1-2-4-10(9)15-7-8(13-14-15)5-6-11(16)17/h1-4,7H,5-6H2,(H,16,17). The number of hydrogen-bond donors (Lipinski definition) is 1. The number of para-hydroxylation sites is 1. The highest BCUT2D eigenvalue weighted by Gasteiger charge is 2.07. The number of carboxylic acid groups (broad SMARTS) is 1. The van der Waals surface area contributed by atoms with E-state index in [9.17, 15) is 4.79 Å². The van der Waals surface area contributed by atoms with Gasteiger partial charge < -0.3 is 5.11 Å². The van der Waals surface area contributed by atoms with Crippen LogP contribution in [0.1, 0.15) is 12.1 Å². The highest BCUT2D eigenvalue weighted by molar-refractivity contribution is 9.10. The van der Waals surface area contributed by atoms with Crippen LogP contribution < -0.4 is 0 Å². The molecule has 1 N–H and O–H groups in total. The van der Waals surface area contributed by atoms with Gasteiger partial charge in [-0.2, -0.15) is 0 Å². The molecule has 0 unspecified atom stereocenters. The molecule has 2 aromatic rings. The van der Waals surface area contributed by atoms with Crippen LogP contribution in [0.4, 0.5) is 0 Å². The third kappa shape index (κ3) is 2.91. The average Bonchev–Trinajstić information content (AvgIpc) is 2.75. The molecule has 1 heterocycles. The second-order valence-corrected chi connectivity index (χ2v) is 4.35. The van der Waals surface area contributed by atoms with E-state index < -0.39 is 5.97 Å². The highest BCUT2D eigenvalue weighted by atomic mass is 79.9. The zero-order valence-corrected chi connectivity index (χ0v) is 10.5. The Balaban J connectivity index is 2.18. The van der Waals surface area contributed by atoms with Crippen molar-refractivity contribution in [3.8, 4) is 5.69 Å². The lowest BCUT2D eigenvalue weighted by molar-refractivity contribution is -0.136. The lowest BCUT2D eigenvalue weighted by Crippen LogP contribution is -1.97. The molecule has 0 spiro atoms. The molecular formula is C11H10BrN3O2. The highest BCUT2D eigenvalue weighted by Crippen LogP contribution is 2.19. The van der Waals surface area contributed by atoms with Crippen LogP contribution in [-0.4, -0.2) is 26.1 Å². The van der Waals surface area contributed by atoms with E-state index in [4.69, 9.17) is 5.11 Å². The third-order valence-electron chi connectivity index (χ3n) is 2.24. The Bertz CT molecular complexity index is 539. The summed E-state index contributed by atoms with van der Waals surface area (Å²) in [7, 11) is 0. The Morgan fingerprint density at radius 1 is 1.41 bits per heavy atom. The van der Waals surface area contributed by atoms with Crippen molar-refractivity contribution in [2.75, 3.05) is 0 Å². The summed E-state index contributed by atoms with van der Waals surface area (Å²) >= 11 is 3.42. The maximum Gasteiger partial charge on any atom is 0.303 e. The van der Waals surface area contributed by atoms with Crippen molar-refractivity contribution in [3.05, 3.63) is 40.6 Å². The topological polar surface area (TPSA) is 68.0 Å². The van der Waals surface area contributed by atoms with E-state index in [2.05, 4.69) is 26.2 Å². The lowest BCUT2D eigenvalue weighted by atomic mass is 10.2. The number of aliphatic carboxylic acids is 1. The SMILES string of the molecule is O=C(O)CCc1cn(-c2ccccc2Br)nn1. The van der Waals surface area contributed by atoms with Gasteiger partial charge in [0.25, 0.3) is 0 Å². The van der Waals surface area contributed by atoms with Crippen LogP contribution in [0.3, 0.4) is 0 Å².